The van der Waals surface area contributed by atoms with Gasteiger partial charge in [0.05, 0.1) is 5.69 Å². The Hall–Kier alpha value is -2.01. The van der Waals surface area contributed by atoms with Gasteiger partial charge in [-0.1, -0.05) is 13.8 Å². The molecule has 0 fully saturated rings. The Kier molecular flexibility index (Phi) is 4.85. The molecule has 0 aliphatic rings. The van der Waals surface area contributed by atoms with Crippen LogP contribution in [0.2, 0.25) is 0 Å². The molecule has 2 aromatic rings. The van der Waals surface area contributed by atoms with Crippen LogP contribution in [0.15, 0.2) is 30.5 Å². The van der Waals surface area contributed by atoms with Crippen molar-refractivity contribution < 1.29 is 13.5 Å². The smallest absolute Gasteiger partial charge is 0.198 e. The summed E-state index contributed by atoms with van der Waals surface area (Å²) in [6.07, 6.45) is 1.59. The van der Waals surface area contributed by atoms with E-state index in [0.717, 1.165) is 0 Å². The van der Waals surface area contributed by atoms with E-state index in [1.54, 1.807) is 25.3 Å². The monoisotopic (exact) mass is 292 g/mol. The summed E-state index contributed by atoms with van der Waals surface area (Å²) in [7, 11) is 0. The van der Waals surface area contributed by atoms with Gasteiger partial charge >= 0.3 is 0 Å². The first-order valence-corrected chi connectivity index (χ1v) is 6.78. The predicted molar refractivity (Wildman–Crippen MR) is 77.4 cm³/mol. The molecular weight excluding hydrogens is 274 g/mol. The fourth-order valence-electron chi connectivity index (χ4n) is 1.82. The van der Waals surface area contributed by atoms with E-state index in [4.69, 9.17) is 4.74 Å². The van der Waals surface area contributed by atoms with Crippen LogP contribution in [0.5, 0.6) is 11.5 Å². The lowest BCUT2D eigenvalue weighted by Gasteiger charge is -2.12. The summed E-state index contributed by atoms with van der Waals surface area (Å²) in [5.41, 5.74) is 1.11. The van der Waals surface area contributed by atoms with Crippen molar-refractivity contribution in [2.45, 2.75) is 33.4 Å². The number of hydrogen-bond donors (Lipinski definition) is 1. The van der Waals surface area contributed by atoms with Gasteiger partial charge in [0.15, 0.2) is 17.4 Å². The SMILES string of the molecule is Cc1ncccc1Oc1c(F)cc(CNC(C)C)cc1F. The molecule has 21 heavy (non-hydrogen) atoms. The lowest BCUT2D eigenvalue weighted by atomic mass is 10.2. The number of hydrogen-bond acceptors (Lipinski definition) is 3. The van der Waals surface area contributed by atoms with Crippen molar-refractivity contribution in [1.82, 2.24) is 10.3 Å². The molecule has 0 amide bonds. The summed E-state index contributed by atoms with van der Waals surface area (Å²) < 4.78 is 33.4. The fourth-order valence-corrected chi connectivity index (χ4v) is 1.82. The normalized spacial score (nSPS) is 11.0. The number of aromatic nitrogens is 1. The highest BCUT2D eigenvalue weighted by Crippen LogP contribution is 2.29. The molecule has 5 heteroatoms. The Morgan fingerprint density at radius 2 is 1.90 bits per heavy atom. The number of aryl methyl sites for hydroxylation is 1. The van der Waals surface area contributed by atoms with Crippen LogP contribution in [0, 0.1) is 18.6 Å². The minimum atomic E-state index is -0.723. The maximum atomic E-state index is 14.0. The summed E-state index contributed by atoms with van der Waals surface area (Å²) in [6, 6.07) is 6.07. The second-order valence-electron chi connectivity index (χ2n) is 5.11. The van der Waals surface area contributed by atoms with Crippen molar-refractivity contribution in [3.63, 3.8) is 0 Å². The summed E-state index contributed by atoms with van der Waals surface area (Å²) in [6.45, 7) is 6.05. The van der Waals surface area contributed by atoms with Gasteiger partial charge in [0.2, 0.25) is 0 Å². The number of nitrogens with zero attached hydrogens (tertiary/aromatic N) is 1. The van der Waals surface area contributed by atoms with Crippen LogP contribution < -0.4 is 10.1 Å². The van der Waals surface area contributed by atoms with Gasteiger partial charge in [0.25, 0.3) is 0 Å². The number of benzene rings is 1. The van der Waals surface area contributed by atoms with Crippen LogP contribution in [0.3, 0.4) is 0 Å². The van der Waals surface area contributed by atoms with Crippen molar-refractivity contribution in [1.29, 1.82) is 0 Å². The van der Waals surface area contributed by atoms with Crippen molar-refractivity contribution in [3.05, 3.63) is 53.4 Å². The molecule has 0 aliphatic heterocycles. The van der Waals surface area contributed by atoms with Gasteiger partial charge in [-0.3, -0.25) is 4.98 Å². The summed E-state index contributed by atoms with van der Waals surface area (Å²) in [5.74, 6) is -1.51. The zero-order valence-electron chi connectivity index (χ0n) is 12.3. The third-order valence-electron chi connectivity index (χ3n) is 2.94. The molecule has 0 bridgehead atoms. The van der Waals surface area contributed by atoms with Gasteiger partial charge < -0.3 is 10.1 Å². The molecule has 0 radical (unpaired) electrons. The highest BCUT2D eigenvalue weighted by Gasteiger charge is 2.15. The lowest BCUT2D eigenvalue weighted by Crippen LogP contribution is -2.22. The topological polar surface area (TPSA) is 34.1 Å². The molecule has 1 aromatic heterocycles. The Morgan fingerprint density at radius 1 is 1.24 bits per heavy atom. The van der Waals surface area contributed by atoms with Crippen molar-refractivity contribution >= 4 is 0 Å². The maximum absolute atomic E-state index is 14.0. The molecule has 0 unspecified atom stereocenters. The quantitative estimate of drug-likeness (QED) is 0.905. The highest BCUT2D eigenvalue weighted by molar-refractivity contribution is 5.37. The largest absolute Gasteiger partial charge is 0.449 e. The molecule has 3 nitrogen and oxygen atoms in total. The minimum Gasteiger partial charge on any atom is -0.449 e. The zero-order chi connectivity index (χ0) is 15.4. The van der Waals surface area contributed by atoms with Gasteiger partial charge in [0.1, 0.15) is 5.75 Å². The third kappa shape index (κ3) is 3.98. The molecule has 1 N–H and O–H groups in total. The van der Waals surface area contributed by atoms with Crippen molar-refractivity contribution in [2.75, 3.05) is 0 Å². The third-order valence-corrected chi connectivity index (χ3v) is 2.94. The van der Waals surface area contributed by atoms with Gasteiger partial charge in [-0.15, -0.1) is 0 Å². The first-order valence-electron chi connectivity index (χ1n) is 6.78. The van der Waals surface area contributed by atoms with Crippen molar-refractivity contribution in [2.24, 2.45) is 0 Å². The van der Waals surface area contributed by atoms with Gasteiger partial charge in [0, 0.05) is 18.8 Å². The highest BCUT2D eigenvalue weighted by atomic mass is 19.1. The van der Waals surface area contributed by atoms with Crippen LogP contribution in [0.4, 0.5) is 8.78 Å². The predicted octanol–water partition coefficient (Wildman–Crippen LogP) is 3.96. The molecule has 0 spiro atoms. The van der Waals surface area contributed by atoms with Crippen LogP contribution >= 0.6 is 0 Å². The van der Waals surface area contributed by atoms with Crippen LogP contribution in [-0.4, -0.2) is 11.0 Å². The Balaban J connectivity index is 2.23. The number of nitrogens with one attached hydrogen (secondary N) is 1. The number of rotatable bonds is 5. The molecule has 1 aromatic carbocycles. The van der Waals surface area contributed by atoms with E-state index in [1.807, 2.05) is 13.8 Å². The average Bonchev–Trinajstić information content (AvgIpc) is 2.42. The van der Waals surface area contributed by atoms with Crippen LogP contribution in [0.25, 0.3) is 0 Å². The minimum absolute atomic E-state index is 0.241. The van der Waals surface area contributed by atoms with E-state index in [-0.39, 0.29) is 6.04 Å². The molecule has 0 atom stereocenters. The van der Waals surface area contributed by atoms with Crippen molar-refractivity contribution in [3.8, 4) is 11.5 Å². The standard InChI is InChI=1S/C16H18F2N2O/c1-10(2)20-9-12-7-13(17)16(14(18)8-12)21-15-5-4-6-19-11(15)3/h4-8,10,20H,9H2,1-3H3. The van der Waals surface area contributed by atoms with Crippen LogP contribution in [0.1, 0.15) is 25.1 Å². The maximum Gasteiger partial charge on any atom is 0.198 e. The van der Waals surface area contributed by atoms with E-state index >= 15 is 0 Å². The van der Waals surface area contributed by atoms with E-state index in [1.165, 1.54) is 12.1 Å². The summed E-state index contributed by atoms with van der Waals surface area (Å²) in [5, 5.41) is 3.11. The first-order chi connectivity index (χ1) is 9.97. The summed E-state index contributed by atoms with van der Waals surface area (Å²) >= 11 is 0. The number of pyridine rings is 1. The van der Waals surface area contributed by atoms with Gasteiger partial charge in [-0.25, -0.2) is 8.78 Å². The fraction of sp³-hybridized carbons (Fsp3) is 0.312. The number of halogens is 2. The molecule has 112 valence electrons. The van der Waals surface area contributed by atoms with E-state index in [2.05, 4.69) is 10.3 Å². The Bertz CT molecular complexity index is 606. The summed E-state index contributed by atoms with van der Waals surface area (Å²) in [4.78, 5) is 4.02. The Labute approximate surface area is 123 Å². The molecule has 0 aliphatic carbocycles. The molecule has 0 saturated heterocycles. The van der Waals surface area contributed by atoms with E-state index < -0.39 is 17.4 Å². The Morgan fingerprint density at radius 3 is 2.48 bits per heavy atom. The molecule has 1 heterocycles. The molecule has 0 saturated carbocycles. The number of ether oxygens (including phenoxy) is 1. The second-order valence-corrected chi connectivity index (χ2v) is 5.11. The molecular formula is C16H18F2N2O. The van der Waals surface area contributed by atoms with Gasteiger partial charge in [-0.2, -0.15) is 0 Å². The lowest BCUT2D eigenvalue weighted by molar-refractivity contribution is 0.402. The second kappa shape index (κ2) is 6.63. The van der Waals surface area contributed by atoms with E-state index in [9.17, 15) is 8.78 Å². The van der Waals surface area contributed by atoms with Gasteiger partial charge in [-0.05, 0) is 36.8 Å². The first kappa shape index (κ1) is 15.4. The van der Waals surface area contributed by atoms with Crippen LogP contribution in [-0.2, 0) is 6.54 Å². The molecule has 2 rings (SSSR count). The van der Waals surface area contributed by atoms with E-state index in [0.29, 0.717) is 23.6 Å². The zero-order valence-corrected chi connectivity index (χ0v) is 12.3. The average molecular weight is 292 g/mol.